The van der Waals surface area contributed by atoms with Crippen LogP contribution in [0.2, 0.25) is 5.02 Å². The minimum atomic E-state index is -0.325. The van der Waals surface area contributed by atoms with Gasteiger partial charge in [0, 0.05) is 5.56 Å². The molecule has 1 atom stereocenters. The van der Waals surface area contributed by atoms with E-state index in [1.54, 1.807) is 12.1 Å². The summed E-state index contributed by atoms with van der Waals surface area (Å²) in [6, 6.07) is 17.0. The van der Waals surface area contributed by atoms with Crippen molar-refractivity contribution in [2.24, 2.45) is 0 Å². The summed E-state index contributed by atoms with van der Waals surface area (Å²) >= 11 is 6.29. The van der Waals surface area contributed by atoms with E-state index < -0.39 is 0 Å². The SMILES string of the molecule is CCC(C(=O)n1nc(OC)nc1-c1ccccc1Cl)c1ccccc1. The predicted octanol–water partition coefficient (Wildman–Crippen LogP) is 4.44. The summed E-state index contributed by atoms with van der Waals surface area (Å²) in [6.45, 7) is 1.97. The van der Waals surface area contributed by atoms with Gasteiger partial charge in [-0.2, -0.15) is 9.67 Å². The van der Waals surface area contributed by atoms with E-state index in [-0.39, 0.29) is 17.8 Å². The lowest BCUT2D eigenvalue weighted by Gasteiger charge is -2.15. The van der Waals surface area contributed by atoms with E-state index in [1.165, 1.54) is 11.8 Å². The molecule has 128 valence electrons. The smallest absolute Gasteiger partial charge is 0.336 e. The molecule has 0 amide bonds. The molecular formula is C19H18ClN3O2. The van der Waals surface area contributed by atoms with Crippen molar-refractivity contribution in [3.05, 3.63) is 65.2 Å². The molecule has 1 heterocycles. The molecule has 0 aliphatic carbocycles. The van der Waals surface area contributed by atoms with Crippen LogP contribution in [0.4, 0.5) is 0 Å². The van der Waals surface area contributed by atoms with Crippen molar-refractivity contribution in [1.29, 1.82) is 0 Å². The largest absolute Gasteiger partial charge is 0.466 e. The fourth-order valence-electron chi connectivity index (χ4n) is 2.74. The number of hydrogen-bond donors (Lipinski definition) is 0. The quantitative estimate of drug-likeness (QED) is 0.678. The third-order valence-corrected chi connectivity index (χ3v) is 4.33. The van der Waals surface area contributed by atoms with Crippen molar-refractivity contribution >= 4 is 17.5 Å². The highest BCUT2D eigenvalue weighted by Crippen LogP contribution is 2.30. The fourth-order valence-corrected chi connectivity index (χ4v) is 2.96. The number of carbonyl (C=O) groups excluding carboxylic acids is 1. The first-order valence-electron chi connectivity index (χ1n) is 8.00. The summed E-state index contributed by atoms with van der Waals surface area (Å²) in [5.41, 5.74) is 1.57. The van der Waals surface area contributed by atoms with Gasteiger partial charge >= 0.3 is 6.01 Å². The maximum Gasteiger partial charge on any atom is 0.336 e. The van der Waals surface area contributed by atoms with Crippen molar-refractivity contribution < 1.29 is 9.53 Å². The Labute approximate surface area is 151 Å². The monoisotopic (exact) mass is 355 g/mol. The molecule has 0 bridgehead atoms. The number of halogens is 1. The Morgan fingerprint density at radius 3 is 2.48 bits per heavy atom. The van der Waals surface area contributed by atoms with E-state index in [2.05, 4.69) is 10.1 Å². The first kappa shape index (κ1) is 17.2. The van der Waals surface area contributed by atoms with Gasteiger partial charge in [-0.05, 0) is 24.1 Å². The molecule has 0 N–H and O–H groups in total. The molecule has 0 spiro atoms. The maximum absolute atomic E-state index is 13.2. The molecule has 3 aromatic rings. The Kier molecular flexibility index (Phi) is 5.14. The number of aromatic nitrogens is 3. The standard InChI is InChI=1S/C19H18ClN3O2/c1-3-14(13-9-5-4-6-10-13)18(24)23-17(21-19(22-23)25-2)15-11-7-8-12-16(15)20/h4-12,14H,3H2,1-2H3. The van der Waals surface area contributed by atoms with Crippen LogP contribution in [0.5, 0.6) is 6.01 Å². The molecule has 25 heavy (non-hydrogen) atoms. The van der Waals surface area contributed by atoms with Crippen molar-refractivity contribution in [2.45, 2.75) is 19.3 Å². The third-order valence-electron chi connectivity index (χ3n) is 4.00. The van der Waals surface area contributed by atoms with Gasteiger partial charge < -0.3 is 4.74 Å². The summed E-state index contributed by atoms with van der Waals surface area (Å²) in [7, 11) is 1.47. The Balaban J connectivity index is 2.09. The molecule has 1 aromatic heterocycles. The van der Waals surface area contributed by atoms with Crippen molar-refractivity contribution in [3.8, 4) is 17.4 Å². The summed E-state index contributed by atoms with van der Waals surface area (Å²) in [5.74, 6) is -0.116. The average molecular weight is 356 g/mol. The second-order valence-corrected chi connectivity index (χ2v) is 5.93. The topological polar surface area (TPSA) is 57.0 Å². The summed E-state index contributed by atoms with van der Waals surface area (Å²) in [5, 5.41) is 4.72. The number of benzene rings is 2. The highest BCUT2D eigenvalue weighted by molar-refractivity contribution is 6.33. The van der Waals surface area contributed by atoms with Gasteiger partial charge in [0.2, 0.25) is 0 Å². The second kappa shape index (κ2) is 7.49. The van der Waals surface area contributed by atoms with Crippen LogP contribution in [0.1, 0.15) is 29.6 Å². The highest BCUT2D eigenvalue weighted by atomic mass is 35.5. The molecule has 0 aliphatic heterocycles. The maximum atomic E-state index is 13.2. The van der Waals surface area contributed by atoms with Crippen LogP contribution >= 0.6 is 11.6 Å². The fraction of sp³-hybridized carbons (Fsp3) is 0.211. The van der Waals surface area contributed by atoms with Crippen LogP contribution in [-0.4, -0.2) is 27.8 Å². The van der Waals surface area contributed by atoms with Gasteiger partial charge in [0.1, 0.15) is 0 Å². The summed E-state index contributed by atoms with van der Waals surface area (Å²) in [4.78, 5) is 17.5. The molecule has 3 rings (SSSR count). The number of nitrogens with zero attached hydrogens (tertiary/aromatic N) is 3. The average Bonchev–Trinajstić information content (AvgIpc) is 3.08. The molecule has 6 heteroatoms. The van der Waals surface area contributed by atoms with E-state index in [4.69, 9.17) is 16.3 Å². The third kappa shape index (κ3) is 3.42. The number of ether oxygens (including phenoxy) is 1. The first-order valence-corrected chi connectivity index (χ1v) is 8.38. The van der Waals surface area contributed by atoms with E-state index in [9.17, 15) is 4.79 Å². The lowest BCUT2D eigenvalue weighted by molar-refractivity contribution is 0.0859. The molecule has 0 saturated heterocycles. The Morgan fingerprint density at radius 2 is 1.84 bits per heavy atom. The van der Waals surface area contributed by atoms with Crippen molar-refractivity contribution in [1.82, 2.24) is 14.8 Å². The molecule has 0 fully saturated rings. The minimum Gasteiger partial charge on any atom is -0.466 e. The van der Waals surface area contributed by atoms with Gasteiger partial charge in [0.25, 0.3) is 5.91 Å². The van der Waals surface area contributed by atoms with E-state index >= 15 is 0 Å². The molecule has 1 unspecified atom stereocenters. The molecular weight excluding hydrogens is 338 g/mol. The van der Waals surface area contributed by atoms with Crippen LogP contribution in [0.25, 0.3) is 11.4 Å². The second-order valence-electron chi connectivity index (χ2n) is 5.52. The Morgan fingerprint density at radius 1 is 1.16 bits per heavy atom. The van der Waals surface area contributed by atoms with Gasteiger partial charge in [-0.15, -0.1) is 5.10 Å². The molecule has 0 aliphatic rings. The van der Waals surface area contributed by atoms with Crippen LogP contribution in [0.3, 0.4) is 0 Å². The summed E-state index contributed by atoms with van der Waals surface area (Å²) < 4.78 is 6.42. The van der Waals surface area contributed by atoms with Crippen LogP contribution in [0, 0.1) is 0 Å². The molecule has 0 saturated carbocycles. The Hall–Kier alpha value is -2.66. The minimum absolute atomic E-state index is 0.131. The van der Waals surface area contributed by atoms with Gasteiger partial charge in [0.05, 0.1) is 18.1 Å². The lowest BCUT2D eigenvalue weighted by Crippen LogP contribution is -2.22. The van der Waals surface area contributed by atoms with Gasteiger partial charge in [0.15, 0.2) is 5.82 Å². The molecule has 2 aromatic carbocycles. The Bertz CT molecular complexity index is 877. The van der Waals surface area contributed by atoms with Crippen LogP contribution in [0.15, 0.2) is 54.6 Å². The highest BCUT2D eigenvalue weighted by Gasteiger charge is 2.26. The first-order chi connectivity index (χ1) is 12.2. The zero-order chi connectivity index (χ0) is 17.8. The van der Waals surface area contributed by atoms with E-state index in [0.29, 0.717) is 22.8 Å². The van der Waals surface area contributed by atoms with Crippen molar-refractivity contribution in [3.63, 3.8) is 0 Å². The van der Waals surface area contributed by atoms with E-state index in [0.717, 1.165) is 5.56 Å². The van der Waals surface area contributed by atoms with Gasteiger partial charge in [-0.25, -0.2) is 0 Å². The van der Waals surface area contributed by atoms with Crippen LogP contribution < -0.4 is 4.74 Å². The predicted molar refractivity (Wildman–Crippen MR) is 97.1 cm³/mol. The van der Waals surface area contributed by atoms with Gasteiger partial charge in [-0.1, -0.05) is 61.0 Å². The number of hydrogen-bond acceptors (Lipinski definition) is 4. The number of methoxy groups -OCH3 is 1. The van der Waals surface area contributed by atoms with Crippen molar-refractivity contribution in [2.75, 3.05) is 7.11 Å². The molecule has 5 nitrogen and oxygen atoms in total. The zero-order valence-electron chi connectivity index (χ0n) is 14.0. The van der Waals surface area contributed by atoms with E-state index in [1.807, 2.05) is 49.4 Å². The van der Waals surface area contributed by atoms with Crippen LogP contribution in [-0.2, 0) is 0 Å². The number of rotatable bonds is 5. The zero-order valence-corrected chi connectivity index (χ0v) is 14.8. The molecule has 0 radical (unpaired) electrons. The summed E-state index contributed by atoms with van der Waals surface area (Å²) in [6.07, 6.45) is 0.646. The lowest BCUT2D eigenvalue weighted by atomic mass is 9.95. The number of carbonyl (C=O) groups is 1. The van der Waals surface area contributed by atoms with Gasteiger partial charge in [-0.3, -0.25) is 4.79 Å². The normalized spacial score (nSPS) is 12.0.